The fourth-order valence-electron chi connectivity index (χ4n) is 2.63. The molecule has 0 radical (unpaired) electrons. The van der Waals surface area contributed by atoms with E-state index in [4.69, 9.17) is 4.74 Å². The highest BCUT2D eigenvalue weighted by molar-refractivity contribution is 5.98. The molecule has 0 saturated carbocycles. The van der Waals surface area contributed by atoms with Crippen molar-refractivity contribution in [3.63, 3.8) is 0 Å². The standard InChI is InChI=1S/C13H16N2O2/c1-15-12(16)10-4-2-3-5-11(10)17-13(15)6-8-14-9-7-13/h2-5,14H,6-9H2,1H3. The lowest BCUT2D eigenvalue weighted by Gasteiger charge is -2.47. The molecule has 17 heavy (non-hydrogen) atoms. The predicted octanol–water partition coefficient (Wildman–Crippen LogP) is 1.23. The van der Waals surface area contributed by atoms with Crippen molar-refractivity contribution in [3.8, 4) is 5.75 Å². The van der Waals surface area contributed by atoms with E-state index in [2.05, 4.69) is 5.32 Å². The number of nitrogens with zero attached hydrogens (tertiary/aromatic N) is 1. The Balaban J connectivity index is 2.03. The normalized spacial score (nSPS) is 22.2. The molecule has 4 nitrogen and oxygen atoms in total. The predicted molar refractivity (Wildman–Crippen MR) is 64.0 cm³/mol. The van der Waals surface area contributed by atoms with Gasteiger partial charge in [-0.15, -0.1) is 0 Å². The first-order valence-corrected chi connectivity index (χ1v) is 6.00. The van der Waals surface area contributed by atoms with E-state index in [0.717, 1.165) is 31.7 Å². The van der Waals surface area contributed by atoms with Gasteiger partial charge in [0.15, 0.2) is 5.72 Å². The molecule has 1 aromatic carbocycles. The van der Waals surface area contributed by atoms with Crippen LogP contribution in [0.3, 0.4) is 0 Å². The van der Waals surface area contributed by atoms with Crippen LogP contribution in [0.4, 0.5) is 0 Å². The Morgan fingerprint density at radius 3 is 2.76 bits per heavy atom. The SMILES string of the molecule is CN1C(=O)c2ccccc2OC12CCNCC2. The number of nitrogens with one attached hydrogen (secondary N) is 1. The summed E-state index contributed by atoms with van der Waals surface area (Å²) in [6, 6.07) is 7.48. The number of para-hydroxylation sites is 1. The number of amides is 1. The second-order valence-corrected chi connectivity index (χ2v) is 4.66. The van der Waals surface area contributed by atoms with Gasteiger partial charge in [-0.05, 0) is 12.1 Å². The molecule has 1 saturated heterocycles. The first-order chi connectivity index (χ1) is 8.23. The van der Waals surface area contributed by atoms with Gasteiger partial charge in [-0.1, -0.05) is 12.1 Å². The van der Waals surface area contributed by atoms with E-state index in [1.54, 1.807) is 4.90 Å². The van der Waals surface area contributed by atoms with Crippen LogP contribution >= 0.6 is 0 Å². The van der Waals surface area contributed by atoms with Gasteiger partial charge in [-0.3, -0.25) is 4.79 Å². The Bertz CT molecular complexity index is 452. The van der Waals surface area contributed by atoms with Crippen LogP contribution in [0.5, 0.6) is 5.75 Å². The quantitative estimate of drug-likeness (QED) is 0.731. The molecule has 1 N–H and O–H groups in total. The molecule has 0 bridgehead atoms. The van der Waals surface area contributed by atoms with Crippen LogP contribution in [0.2, 0.25) is 0 Å². The maximum Gasteiger partial charge on any atom is 0.260 e. The molecule has 0 atom stereocenters. The third kappa shape index (κ3) is 1.52. The highest BCUT2D eigenvalue weighted by atomic mass is 16.5. The lowest BCUT2D eigenvalue weighted by Crippen LogP contribution is -2.61. The minimum atomic E-state index is -0.448. The Morgan fingerprint density at radius 1 is 1.29 bits per heavy atom. The number of hydrogen-bond donors (Lipinski definition) is 1. The van der Waals surface area contributed by atoms with E-state index in [-0.39, 0.29) is 5.91 Å². The maximum absolute atomic E-state index is 12.3. The third-order valence-electron chi connectivity index (χ3n) is 3.72. The highest BCUT2D eigenvalue weighted by Crippen LogP contribution is 2.37. The van der Waals surface area contributed by atoms with Crippen LogP contribution in [-0.2, 0) is 0 Å². The molecule has 0 aliphatic carbocycles. The number of carbonyl (C=O) groups is 1. The van der Waals surface area contributed by atoms with Gasteiger partial charge in [0.05, 0.1) is 5.56 Å². The summed E-state index contributed by atoms with van der Waals surface area (Å²) in [5, 5.41) is 3.30. The number of piperidine rings is 1. The summed E-state index contributed by atoms with van der Waals surface area (Å²) in [5.74, 6) is 0.784. The Kier molecular flexibility index (Phi) is 2.33. The highest BCUT2D eigenvalue weighted by Gasteiger charge is 2.45. The average molecular weight is 232 g/mol. The van der Waals surface area contributed by atoms with Gasteiger partial charge in [-0.25, -0.2) is 0 Å². The first-order valence-electron chi connectivity index (χ1n) is 6.00. The molecular formula is C13H16N2O2. The maximum atomic E-state index is 12.3. The van der Waals surface area contributed by atoms with Crippen LogP contribution in [0.15, 0.2) is 24.3 Å². The summed E-state index contributed by atoms with van der Waals surface area (Å²) < 4.78 is 6.11. The van der Waals surface area contributed by atoms with E-state index < -0.39 is 5.72 Å². The van der Waals surface area contributed by atoms with Gasteiger partial charge < -0.3 is 15.0 Å². The van der Waals surface area contributed by atoms with E-state index in [1.165, 1.54) is 0 Å². The summed E-state index contributed by atoms with van der Waals surface area (Å²) in [7, 11) is 1.84. The van der Waals surface area contributed by atoms with Gasteiger partial charge >= 0.3 is 0 Å². The van der Waals surface area contributed by atoms with Crippen molar-refractivity contribution in [2.45, 2.75) is 18.6 Å². The van der Waals surface area contributed by atoms with Gasteiger partial charge in [0.1, 0.15) is 5.75 Å². The molecular weight excluding hydrogens is 216 g/mol. The molecule has 1 amide bonds. The Morgan fingerprint density at radius 2 is 2.00 bits per heavy atom. The second kappa shape index (κ2) is 3.74. The number of hydrogen-bond acceptors (Lipinski definition) is 3. The van der Waals surface area contributed by atoms with Crippen LogP contribution in [0.1, 0.15) is 23.2 Å². The molecule has 0 aromatic heterocycles. The monoisotopic (exact) mass is 232 g/mol. The minimum absolute atomic E-state index is 0.0637. The third-order valence-corrected chi connectivity index (χ3v) is 3.72. The summed E-state index contributed by atoms with van der Waals surface area (Å²) in [4.78, 5) is 14.1. The molecule has 1 aromatic rings. The van der Waals surface area contributed by atoms with E-state index in [9.17, 15) is 4.79 Å². The fourth-order valence-corrected chi connectivity index (χ4v) is 2.63. The molecule has 1 spiro atoms. The van der Waals surface area contributed by atoms with Crippen molar-refractivity contribution in [3.05, 3.63) is 29.8 Å². The van der Waals surface area contributed by atoms with E-state index in [0.29, 0.717) is 5.56 Å². The van der Waals surface area contributed by atoms with Crippen molar-refractivity contribution in [2.24, 2.45) is 0 Å². The fraction of sp³-hybridized carbons (Fsp3) is 0.462. The van der Waals surface area contributed by atoms with E-state index >= 15 is 0 Å². The molecule has 2 aliphatic heterocycles. The molecule has 3 rings (SSSR count). The second-order valence-electron chi connectivity index (χ2n) is 4.66. The number of rotatable bonds is 0. The van der Waals surface area contributed by atoms with Crippen LogP contribution in [0, 0.1) is 0 Å². The molecule has 90 valence electrons. The summed E-state index contributed by atoms with van der Waals surface area (Å²) >= 11 is 0. The Hall–Kier alpha value is -1.55. The molecule has 1 fully saturated rings. The van der Waals surface area contributed by atoms with Gasteiger partial charge in [-0.2, -0.15) is 0 Å². The lowest BCUT2D eigenvalue weighted by atomic mass is 9.96. The van der Waals surface area contributed by atoms with Crippen molar-refractivity contribution in [1.29, 1.82) is 0 Å². The largest absolute Gasteiger partial charge is 0.467 e. The zero-order valence-corrected chi connectivity index (χ0v) is 9.90. The molecule has 4 heteroatoms. The number of ether oxygens (including phenoxy) is 1. The Labute approximate surface area is 101 Å². The lowest BCUT2D eigenvalue weighted by molar-refractivity contribution is -0.0831. The smallest absolute Gasteiger partial charge is 0.260 e. The molecule has 0 unspecified atom stereocenters. The van der Waals surface area contributed by atoms with Crippen LogP contribution < -0.4 is 10.1 Å². The van der Waals surface area contributed by atoms with Gasteiger partial charge in [0.2, 0.25) is 0 Å². The first kappa shape index (κ1) is 10.6. The van der Waals surface area contributed by atoms with Crippen LogP contribution in [-0.4, -0.2) is 36.7 Å². The minimum Gasteiger partial charge on any atom is -0.467 e. The van der Waals surface area contributed by atoms with Crippen molar-refractivity contribution < 1.29 is 9.53 Å². The van der Waals surface area contributed by atoms with Gasteiger partial charge in [0, 0.05) is 33.0 Å². The zero-order chi connectivity index (χ0) is 11.9. The number of carbonyl (C=O) groups excluding carboxylic acids is 1. The number of fused-ring (bicyclic) bond motifs is 1. The zero-order valence-electron chi connectivity index (χ0n) is 9.90. The molecule has 2 aliphatic rings. The average Bonchev–Trinajstić information content (AvgIpc) is 2.37. The van der Waals surface area contributed by atoms with Crippen molar-refractivity contribution in [2.75, 3.05) is 20.1 Å². The topological polar surface area (TPSA) is 41.6 Å². The van der Waals surface area contributed by atoms with Crippen molar-refractivity contribution in [1.82, 2.24) is 10.2 Å². The summed E-state index contributed by atoms with van der Waals surface area (Å²) in [5.41, 5.74) is 0.218. The van der Waals surface area contributed by atoms with E-state index in [1.807, 2.05) is 31.3 Å². The van der Waals surface area contributed by atoms with Crippen LogP contribution in [0.25, 0.3) is 0 Å². The molecule has 2 heterocycles. The van der Waals surface area contributed by atoms with Gasteiger partial charge in [0.25, 0.3) is 5.91 Å². The summed E-state index contributed by atoms with van der Waals surface area (Å²) in [6.07, 6.45) is 1.67. The number of benzene rings is 1. The van der Waals surface area contributed by atoms with Crippen molar-refractivity contribution >= 4 is 5.91 Å². The summed E-state index contributed by atoms with van der Waals surface area (Å²) in [6.45, 7) is 1.78.